The normalized spacial score (nSPS) is 9.94. The van der Waals surface area contributed by atoms with Crippen LogP contribution in [-0.2, 0) is 9.53 Å². The Balaban J connectivity index is 2.73. The zero-order chi connectivity index (χ0) is 12.1. The lowest BCUT2D eigenvalue weighted by atomic mass is 10.1. The largest absolute Gasteiger partial charge is 0.466 e. The molecule has 16 heavy (non-hydrogen) atoms. The number of ether oxygens (including phenoxy) is 1. The minimum absolute atomic E-state index is 0.227. The summed E-state index contributed by atoms with van der Waals surface area (Å²) in [6, 6.07) is 4.93. The topological polar surface area (TPSA) is 43.4 Å². The number of esters is 1. The number of aryl methyl sites for hydroxylation is 1. The molecule has 1 rings (SSSR count). The summed E-state index contributed by atoms with van der Waals surface area (Å²) in [5.41, 5.74) is 1.30. The van der Waals surface area contributed by atoms with Crippen LogP contribution in [0.5, 0.6) is 0 Å². The molecule has 0 N–H and O–H groups in total. The SMILES string of the molecule is CCOC(=O)CC(=O)c1ccc(Cl)c(C)c1. The molecule has 86 valence electrons. The lowest BCUT2D eigenvalue weighted by Gasteiger charge is -2.03. The second-order valence-electron chi connectivity index (χ2n) is 3.37. The van der Waals surface area contributed by atoms with E-state index in [4.69, 9.17) is 16.3 Å². The van der Waals surface area contributed by atoms with Crippen molar-refractivity contribution in [2.24, 2.45) is 0 Å². The molecule has 3 nitrogen and oxygen atoms in total. The number of hydrogen-bond acceptors (Lipinski definition) is 3. The lowest BCUT2D eigenvalue weighted by Crippen LogP contribution is -2.11. The van der Waals surface area contributed by atoms with Crippen LogP contribution in [0.3, 0.4) is 0 Å². The second kappa shape index (κ2) is 5.66. The van der Waals surface area contributed by atoms with Crippen LogP contribution in [-0.4, -0.2) is 18.4 Å². The van der Waals surface area contributed by atoms with Crippen LogP contribution in [0.2, 0.25) is 5.02 Å². The van der Waals surface area contributed by atoms with Crippen molar-refractivity contribution in [2.45, 2.75) is 20.3 Å². The maximum atomic E-state index is 11.6. The van der Waals surface area contributed by atoms with Gasteiger partial charge in [0.2, 0.25) is 0 Å². The Kier molecular flexibility index (Phi) is 4.50. The molecule has 0 radical (unpaired) electrons. The molecule has 0 aliphatic rings. The summed E-state index contributed by atoms with van der Waals surface area (Å²) >= 11 is 5.84. The van der Waals surface area contributed by atoms with Crippen molar-refractivity contribution in [3.8, 4) is 0 Å². The molecule has 0 aromatic heterocycles. The van der Waals surface area contributed by atoms with Crippen LogP contribution in [0, 0.1) is 6.92 Å². The van der Waals surface area contributed by atoms with Gasteiger partial charge in [-0.2, -0.15) is 0 Å². The van der Waals surface area contributed by atoms with Gasteiger partial charge < -0.3 is 4.74 Å². The molecule has 0 fully saturated rings. The summed E-state index contributed by atoms with van der Waals surface area (Å²) in [5, 5.41) is 0.604. The van der Waals surface area contributed by atoms with Crippen LogP contribution < -0.4 is 0 Å². The van der Waals surface area contributed by atoms with E-state index in [-0.39, 0.29) is 18.8 Å². The van der Waals surface area contributed by atoms with Gasteiger partial charge in [0.1, 0.15) is 6.42 Å². The summed E-state index contributed by atoms with van der Waals surface area (Å²) in [5.74, 6) is -0.752. The second-order valence-corrected chi connectivity index (χ2v) is 3.78. The number of carbonyl (C=O) groups is 2. The van der Waals surface area contributed by atoms with Crippen molar-refractivity contribution >= 4 is 23.4 Å². The van der Waals surface area contributed by atoms with Crippen LogP contribution in [0.4, 0.5) is 0 Å². The first-order chi connectivity index (χ1) is 7.54. The number of rotatable bonds is 4. The quantitative estimate of drug-likeness (QED) is 0.462. The smallest absolute Gasteiger partial charge is 0.313 e. The van der Waals surface area contributed by atoms with Gasteiger partial charge in [0.05, 0.1) is 6.61 Å². The Hall–Kier alpha value is -1.35. The average Bonchev–Trinajstić information content (AvgIpc) is 2.22. The molecule has 0 atom stereocenters. The number of hydrogen-bond donors (Lipinski definition) is 0. The minimum Gasteiger partial charge on any atom is -0.466 e. The molecule has 0 heterocycles. The molecule has 0 saturated heterocycles. The fraction of sp³-hybridized carbons (Fsp3) is 0.333. The van der Waals surface area contributed by atoms with E-state index in [0.29, 0.717) is 10.6 Å². The van der Waals surface area contributed by atoms with E-state index in [1.807, 2.05) is 6.92 Å². The molecule has 0 spiro atoms. The molecule has 0 saturated carbocycles. The van der Waals surface area contributed by atoms with Crippen LogP contribution in [0.1, 0.15) is 29.3 Å². The number of benzene rings is 1. The molecule has 0 bridgehead atoms. The third-order valence-electron chi connectivity index (χ3n) is 2.09. The van der Waals surface area contributed by atoms with Gasteiger partial charge in [0.15, 0.2) is 5.78 Å². The summed E-state index contributed by atoms with van der Waals surface area (Å²) in [6.45, 7) is 3.80. The number of carbonyl (C=O) groups excluding carboxylic acids is 2. The lowest BCUT2D eigenvalue weighted by molar-refractivity contribution is -0.141. The van der Waals surface area contributed by atoms with Gasteiger partial charge in [-0.25, -0.2) is 0 Å². The summed E-state index contributed by atoms with van der Waals surface area (Å²) in [7, 11) is 0. The first-order valence-electron chi connectivity index (χ1n) is 4.99. The van der Waals surface area contributed by atoms with Gasteiger partial charge in [-0.1, -0.05) is 11.6 Å². The number of halogens is 1. The first kappa shape index (κ1) is 12.7. The van der Waals surface area contributed by atoms with Crippen molar-refractivity contribution in [1.82, 2.24) is 0 Å². The maximum absolute atomic E-state index is 11.6. The predicted octanol–water partition coefficient (Wildman–Crippen LogP) is 2.78. The molecular weight excluding hydrogens is 228 g/mol. The van der Waals surface area contributed by atoms with Crippen molar-refractivity contribution in [2.75, 3.05) is 6.61 Å². The average molecular weight is 241 g/mol. The molecule has 0 aliphatic carbocycles. The molecule has 4 heteroatoms. The van der Waals surface area contributed by atoms with E-state index < -0.39 is 5.97 Å². The highest BCUT2D eigenvalue weighted by Crippen LogP contribution is 2.17. The molecular formula is C12H13ClO3. The highest BCUT2D eigenvalue weighted by atomic mass is 35.5. The van der Waals surface area contributed by atoms with Gasteiger partial charge in [0.25, 0.3) is 0 Å². The minimum atomic E-state index is -0.500. The van der Waals surface area contributed by atoms with Crippen molar-refractivity contribution in [3.63, 3.8) is 0 Å². The van der Waals surface area contributed by atoms with E-state index in [2.05, 4.69) is 0 Å². The Morgan fingerprint density at radius 3 is 2.62 bits per heavy atom. The van der Waals surface area contributed by atoms with E-state index in [1.54, 1.807) is 25.1 Å². The summed E-state index contributed by atoms with van der Waals surface area (Å²) < 4.78 is 4.70. The monoisotopic (exact) mass is 240 g/mol. The Morgan fingerprint density at radius 1 is 1.38 bits per heavy atom. The summed E-state index contributed by atoms with van der Waals surface area (Å²) in [6.07, 6.45) is -0.227. The van der Waals surface area contributed by atoms with Crippen molar-refractivity contribution in [1.29, 1.82) is 0 Å². The zero-order valence-corrected chi connectivity index (χ0v) is 10.0. The van der Waals surface area contributed by atoms with E-state index >= 15 is 0 Å². The molecule has 0 unspecified atom stereocenters. The van der Waals surface area contributed by atoms with Crippen LogP contribution >= 0.6 is 11.6 Å². The standard InChI is InChI=1S/C12H13ClO3/c1-3-16-12(15)7-11(14)9-4-5-10(13)8(2)6-9/h4-6H,3,7H2,1-2H3. The fourth-order valence-corrected chi connectivity index (χ4v) is 1.38. The Morgan fingerprint density at radius 2 is 2.06 bits per heavy atom. The highest BCUT2D eigenvalue weighted by molar-refractivity contribution is 6.31. The maximum Gasteiger partial charge on any atom is 0.313 e. The van der Waals surface area contributed by atoms with Gasteiger partial charge in [-0.05, 0) is 37.6 Å². The first-order valence-corrected chi connectivity index (χ1v) is 5.37. The Labute approximate surface area is 99.4 Å². The fourth-order valence-electron chi connectivity index (χ4n) is 1.26. The van der Waals surface area contributed by atoms with Gasteiger partial charge in [0, 0.05) is 10.6 Å². The number of ketones is 1. The summed E-state index contributed by atoms with van der Waals surface area (Å²) in [4.78, 5) is 22.8. The van der Waals surface area contributed by atoms with Crippen LogP contribution in [0.15, 0.2) is 18.2 Å². The van der Waals surface area contributed by atoms with E-state index in [9.17, 15) is 9.59 Å². The third-order valence-corrected chi connectivity index (χ3v) is 2.51. The van der Waals surface area contributed by atoms with Crippen molar-refractivity contribution < 1.29 is 14.3 Å². The van der Waals surface area contributed by atoms with E-state index in [0.717, 1.165) is 5.56 Å². The molecule has 1 aromatic rings. The van der Waals surface area contributed by atoms with E-state index in [1.165, 1.54) is 0 Å². The Bertz CT molecular complexity index is 413. The van der Waals surface area contributed by atoms with Gasteiger partial charge in [-0.3, -0.25) is 9.59 Å². The van der Waals surface area contributed by atoms with Crippen molar-refractivity contribution in [3.05, 3.63) is 34.3 Å². The molecule has 0 aliphatic heterocycles. The third kappa shape index (κ3) is 3.35. The molecule has 0 amide bonds. The van der Waals surface area contributed by atoms with Gasteiger partial charge in [-0.15, -0.1) is 0 Å². The van der Waals surface area contributed by atoms with Gasteiger partial charge >= 0.3 is 5.97 Å². The predicted molar refractivity (Wildman–Crippen MR) is 61.8 cm³/mol. The highest BCUT2D eigenvalue weighted by Gasteiger charge is 2.13. The number of Topliss-reactive ketones (excluding diaryl/α,β-unsaturated/α-hetero) is 1. The van der Waals surface area contributed by atoms with Crippen LogP contribution in [0.25, 0.3) is 0 Å². The molecule has 1 aromatic carbocycles. The zero-order valence-electron chi connectivity index (χ0n) is 9.25.